The zero-order chi connectivity index (χ0) is 11.4. The summed E-state index contributed by atoms with van der Waals surface area (Å²) in [6.07, 6.45) is 0. The van der Waals surface area contributed by atoms with Crippen molar-refractivity contribution in [3.05, 3.63) is 29.6 Å². The van der Waals surface area contributed by atoms with Crippen molar-refractivity contribution in [1.82, 2.24) is 4.90 Å². The second kappa shape index (κ2) is 5.12. The van der Waals surface area contributed by atoms with Gasteiger partial charge in [0.2, 0.25) is 0 Å². The summed E-state index contributed by atoms with van der Waals surface area (Å²) in [5.74, 6) is -0.214. The van der Waals surface area contributed by atoms with Crippen LogP contribution in [0.1, 0.15) is 26.3 Å². The van der Waals surface area contributed by atoms with Crippen LogP contribution in [0.4, 0.5) is 10.1 Å². The number of nitrogens with zero attached hydrogens (tertiary/aromatic N) is 1. The maximum Gasteiger partial charge on any atom is 0.129 e. The van der Waals surface area contributed by atoms with Crippen molar-refractivity contribution in [3.8, 4) is 0 Å². The van der Waals surface area contributed by atoms with E-state index in [1.54, 1.807) is 12.1 Å². The SMILES string of the molecule is CCN(Cc1c(N)cccc1F)C(C)C. The van der Waals surface area contributed by atoms with Crippen molar-refractivity contribution < 1.29 is 4.39 Å². The van der Waals surface area contributed by atoms with E-state index in [-0.39, 0.29) is 5.82 Å². The first kappa shape index (κ1) is 12.0. The highest BCUT2D eigenvalue weighted by Crippen LogP contribution is 2.18. The van der Waals surface area contributed by atoms with Gasteiger partial charge in [-0.1, -0.05) is 13.0 Å². The number of hydrogen-bond donors (Lipinski definition) is 1. The summed E-state index contributed by atoms with van der Waals surface area (Å²) >= 11 is 0. The average molecular weight is 210 g/mol. The molecule has 0 aliphatic rings. The van der Waals surface area contributed by atoms with E-state index >= 15 is 0 Å². The van der Waals surface area contributed by atoms with E-state index in [0.29, 0.717) is 23.8 Å². The van der Waals surface area contributed by atoms with Gasteiger partial charge in [-0.3, -0.25) is 4.90 Å². The van der Waals surface area contributed by atoms with Crippen LogP contribution >= 0.6 is 0 Å². The molecule has 0 radical (unpaired) electrons. The predicted octanol–water partition coefficient (Wildman–Crippen LogP) is 2.64. The fraction of sp³-hybridized carbons (Fsp3) is 0.500. The van der Waals surface area contributed by atoms with Crippen molar-refractivity contribution in [1.29, 1.82) is 0 Å². The van der Waals surface area contributed by atoms with Crippen molar-refractivity contribution in [2.45, 2.75) is 33.4 Å². The lowest BCUT2D eigenvalue weighted by atomic mass is 10.1. The van der Waals surface area contributed by atoms with Crippen molar-refractivity contribution in [2.24, 2.45) is 0 Å². The van der Waals surface area contributed by atoms with E-state index in [1.807, 2.05) is 0 Å². The zero-order valence-corrected chi connectivity index (χ0v) is 9.63. The monoisotopic (exact) mass is 210 g/mol. The van der Waals surface area contributed by atoms with Gasteiger partial charge < -0.3 is 5.73 Å². The van der Waals surface area contributed by atoms with Crippen LogP contribution in [-0.2, 0) is 6.54 Å². The average Bonchev–Trinajstić information content (AvgIpc) is 2.17. The summed E-state index contributed by atoms with van der Waals surface area (Å²) < 4.78 is 13.5. The number of nitrogen functional groups attached to an aromatic ring is 1. The largest absolute Gasteiger partial charge is 0.398 e. The van der Waals surface area contributed by atoms with Crippen LogP contribution in [0, 0.1) is 5.82 Å². The summed E-state index contributed by atoms with van der Waals surface area (Å²) in [6, 6.07) is 5.24. The predicted molar refractivity (Wildman–Crippen MR) is 62.0 cm³/mol. The van der Waals surface area contributed by atoms with E-state index in [9.17, 15) is 4.39 Å². The molecular weight excluding hydrogens is 191 g/mol. The van der Waals surface area contributed by atoms with Crippen LogP contribution in [0.25, 0.3) is 0 Å². The van der Waals surface area contributed by atoms with Gasteiger partial charge in [0.15, 0.2) is 0 Å². The third-order valence-corrected chi connectivity index (χ3v) is 2.65. The molecule has 0 fully saturated rings. The van der Waals surface area contributed by atoms with E-state index in [4.69, 9.17) is 5.73 Å². The number of rotatable bonds is 4. The van der Waals surface area contributed by atoms with Gasteiger partial charge in [-0.2, -0.15) is 0 Å². The van der Waals surface area contributed by atoms with E-state index in [1.165, 1.54) is 6.07 Å². The second-order valence-electron chi connectivity index (χ2n) is 3.96. The molecule has 84 valence electrons. The summed E-state index contributed by atoms with van der Waals surface area (Å²) in [4.78, 5) is 2.18. The Balaban J connectivity index is 2.87. The lowest BCUT2D eigenvalue weighted by Crippen LogP contribution is -2.30. The van der Waals surface area contributed by atoms with Gasteiger partial charge in [0.25, 0.3) is 0 Å². The van der Waals surface area contributed by atoms with E-state index in [0.717, 1.165) is 6.54 Å². The zero-order valence-electron chi connectivity index (χ0n) is 9.63. The molecule has 0 aliphatic carbocycles. The molecule has 0 saturated heterocycles. The van der Waals surface area contributed by atoms with Gasteiger partial charge in [0, 0.05) is 23.8 Å². The Hall–Kier alpha value is -1.09. The molecule has 2 nitrogen and oxygen atoms in total. The van der Waals surface area contributed by atoms with E-state index < -0.39 is 0 Å². The summed E-state index contributed by atoms with van der Waals surface area (Å²) in [5, 5.41) is 0. The van der Waals surface area contributed by atoms with E-state index in [2.05, 4.69) is 25.7 Å². The van der Waals surface area contributed by atoms with Crippen molar-refractivity contribution in [3.63, 3.8) is 0 Å². The van der Waals surface area contributed by atoms with Gasteiger partial charge in [-0.15, -0.1) is 0 Å². The van der Waals surface area contributed by atoms with Crippen LogP contribution in [0.5, 0.6) is 0 Å². The van der Waals surface area contributed by atoms with Gasteiger partial charge in [0.1, 0.15) is 5.82 Å². The van der Waals surface area contributed by atoms with Crippen LogP contribution in [0.15, 0.2) is 18.2 Å². The molecule has 3 heteroatoms. The fourth-order valence-corrected chi connectivity index (χ4v) is 1.60. The molecule has 0 heterocycles. The fourth-order valence-electron chi connectivity index (χ4n) is 1.60. The number of nitrogens with two attached hydrogens (primary N) is 1. The maximum absolute atomic E-state index is 13.5. The Morgan fingerprint density at radius 2 is 2.07 bits per heavy atom. The molecule has 0 amide bonds. The number of benzene rings is 1. The minimum atomic E-state index is -0.214. The summed E-state index contributed by atoms with van der Waals surface area (Å²) in [6.45, 7) is 7.73. The lowest BCUT2D eigenvalue weighted by Gasteiger charge is -2.25. The van der Waals surface area contributed by atoms with Gasteiger partial charge >= 0.3 is 0 Å². The minimum absolute atomic E-state index is 0.214. The Morgan fingerprint density at radius 3 is 2.53 bits per heavy atom. The number of anilines is 1. The van der Waals surface area contributed by atoms with Gasteiger partial charge in [-0.05, 0) is 32.5 Å². The maximum atomic E-state index is 13.5. The third-order valence-electron chi connectivity index (χ3n) is 2.65. The Bertz CT molecular complexity index is 303. The standard InChI is InChI=1S/C12H19FN2/c1-4-15(9(2)3)8-10-11(13)6-5-7-12(10)14/h5-7,9H,4,8,14H2,1-3H3. The van der Waals surface area contributed by atoms with Crippen LogP contribution < -0.4 is 5.73 Å². The second-order valence-corrected chi connectivity index (χ2v) is 3.96. The molecule has 0 aromatic heterocycles. The molecule has 1 aromatic rings. The quantitative estimate of drug-likeness (QED) is 0.774. The molecule has 0 aliphatic heterocycles. The Kier molecular flexibility index (Phi) is 4.09. The van der Waals surface area contributed by atoms with Crippen LogP contribution in [-0.4, -0.2) is 17.5 Å². The molecule has 0 atom stereocenters. The van der Waals surface area contributed by atoms with Crippen molar-refractivity contribution >= 4 is 5.69 Å². The van der Waals surface area contributed by atoms with Crippen LogP contribution in [0.3, 0.4) is 0 Å². The molecule has 0 spiro atoms. The molecular formula is C12H19FN2. The Labute approximate surface area is 90.9 Å². The normalized spacial score (nSPS) is 11.3. The highest BCUT2D eigenvalue weighted by molar-refractivity contribution is 5.47. The highest BCUT2D eigenvalue weighted by atomic mass is 19.1. The molecule has 0 unspecified atom stereocenters. The topological polar surface area (TPSA) is 29.3 Å². The molecule has 15 heavy (non-hydrogen) atoms. The first-order valence-corrected chi connectivity index (χ1v) is 5.33. The summed E-state index contributed by atoms with van der Waals surface area (Å²) in [5.41, 5.74) is 6.90. The molecule has 1 rings (SSSR count). The highest BCUT2D eigenvalue weighted by Gasteiger charge is 2.12. The molecule has 0 bridgehead atoms. The van der Waals surface area contributed by atoms with Crippen LogP contribution in [0.2, 0.25) is 0 Å². The first-order valence-electron chi connectivity index (χ1n) is 5.33. The molecule has 1 aromatic carbocycles. The third kappa shape index (κ3) is 2.93. The van der Waals surface area contributed by atoms with Crippen molar-refractivity contribution in [2.75, 3.05) is 12.3 Å². The number of halogens is 1. The van der Waals surface area contributed by atoms with Gasteiger partial charge in [0.05, 0.1) is 0 Å². The summed E-state index contributed by atoms with van der Waals surface area (Å²) in [7, 11) is 0. The molecule has 2 N–H and O–H groups in total. The minimum Gasteiger partial charge on any atom is -0.398 e. The number of hydrogen-bond acceptors (Lipinski definition) is 2. The molecule has 0 saturated carbocycles. The lowest BCUT2D eigenvalue weighted by molar-refractivity contribution is 0.222. The first-order chi connectivity index (χ1) is 7.06. The van der Waals surface area contributed by atoms with Gasteiger partial charge in [-0.25, -0.2) is 4.39 Å². The Morgan fingerprint density at radius 1 is 1.40 bits per heavy atom. The smallest absolute Gasteiger partial charge is 0.129 e.